The number of rotatable bonds is 5. The van der Waals surface area contributed by atoms with Crippen LogP contribution in [0.5, 0.6) is 0 Å². The predicted molar refractivity (Wildman–Crippen MR) is 122 cm³/mol. The van der Waals surface area contributed by atoms with Crippen LogP contribution in [0.2, 0.25) is 0 Å². The fourth-order valence-corrected chi connectivity index (χ4v) is 5.55. The molecule has 0 saturated heterocycles. The van der Waals surface area contributed by atoms with E-state index in [9.17, 15) is 23.2 Å². The van der Waals surface area contributed by atoms with Crippen molar-refractivity contribution in [3.05, 3.63) is 58.1 Å². The Kier molecular flexibility index (Phi) is 7.00. The lowest BCUT2D eigenvalue weighted by Crippen LogP contribution is -2.15. The van der Waals surface area contributed by atoms with E-state index < -0.39 is 17.8 Å². The smallest absolute Gasteiger partial charge is 0.316 e. The van der Waals surface area contributed by atoms with E-state index in [-0.39, 0.29) is 16.6 Å². The molecule has 1 aliphatic rings. The van der Waals surface area contributed by atoms with E-state index in [1.807, 2.05) is 0 Å². The van der Waals surface area contributed by atoms with E-state index in [1.54, 1.807) is 30.3 Å². The Balaban J connectivity index is 1.51. The lowest BCUT2D eigenvalue weighted by molar-refractivity contribution is -0.141. The zero-order chi connectivity index (χ0) is 23.4. The first kappa shape index (κ1) is 23.3. The second kappa shape index (κ2) is 9.93. The van der Waals surface area contributed by atoms with Gasteiger partial charge in [0, 0.05) is 10.4 Å². The second-order valence-corrected chi connectivity index (χ2v) is 9.55. The zero-order valence-corrected chi connectivity index (χ0v) is 19.0. The van der Waals surface area contributed by atoms with Crippen LogP contribution >= 0.6 is 23.1 Å². The molecule has 0 fully saturated rings. The van der Waals surface area contributed by atoms with Gasteiger partial charge >= 0.3 is 6.18 Å². The highest BCUT2D eigenvalue weighted by atomic mass is 32.2. The summed E-state index contributed by atoms with van der Waals surface area (Å²) in [5, 5.41) is 12.7. The van der Waals surface area contributed by atoms with E-state index in [0.717, 1.165) is 60.4 Å². The molecule has 0 atom stereocenters. The number of hydrogen-bond donors (Lipinski definition) is 1. The van der Waals surface area contributed by atoms with Gasteiger partial charge in [-0.2, -0.15) is 18.4 Å². The number of anilines is 1. The molecule has 1 amide bonds. The SMILES string of the molecule is N#Cc1c(NC(=O)CSc2nc(-c3ccccc3)cc(C(F)(F)F)n2)sc2c1CCCCC2. The van der Waals surface area contributed by atoms with Gasteiger partial charge in [-0.25, -0.2) is 9.97 Å². The number of benzene rings is 1. The van der Waals surface area contributed by atoms with Crippen molar-refractivity contribution in [1.82, 2.24) is 9.97 Å². The number of hydrogen-bond acceptors (Lipinski definition) is 6. The Labute approximate surface area is 197 Å². The fraction of sp³-hybridized carbons (Fsp3) is 0.304. The van der Waals surface area contributed by atoms with Crippen molar-refractivity contribution in [1.29, 1.82) is 5.26 Å². The maximum atomic E-state index is 13.4. The molecule has 10 heteroatoms. The van der Waals surface area contributed by atoms with Gasteiger partial charge in [-0.15, -0.1) is 11.3 Å². The van der Waals surface area contributed by atoms with Crippen LogP contribution in [0.15, 0.2) is 41.6 Å². The first-order valence-corrected chi connectivity index (χ1v) is 12.1. The maximum Gasteiger partial charge on any atom is 0.433 e. The summed E-state index contributed by atoms with van der Waals surface area (Å²) < 4.78 is 40.1. The average molecular weight is 489 g/mol. The Morgan fingerprint density at radius 2 is 1.91 bits per heavy atom. The summed E-state index contributed by atoms with van der Waals surface area (Å²) in [5.74, 6) is -0.599. The number of aryl methyl sites for hydroxylation is 1. The number of nitriles is 1. The second-order valence-electron chi connectivity index (χ2n) is 7.50. The normalized spacial score (nSPS) is 13.6. The van der Waals surface area contributed by atoms with Gasteiger partial charge in [0.25, 0.3) is 0 Å². The van der Waals surface area contributed by atoms with Gasteiger partial charge in [0.1, 0.15) is 16.8 Å². The van der Waals surface area contributed by atoms with Crippen LogP contribution in [0.25, 0.3) is 11.3 Å². The molecule has 1 N–H and O–H groups in total. The minimum Gasteiger partial charge on any atom is -0.316 e. The molecule has 2 aromatic heterocycles. The molecule has 33 heavy (non-hydrogen) atoms. The van der Waals surface area contributed by atoms with Gasteiger partial charge in [-0.1, -0.05) is 48.5 Å². The number of nitrogens with one attached hydrogen (secondary N) is 1. The van der Waals surface area contributed by atoms with Gasteiger partial charge in [-0.05, 0) is 37.3 Å². The number of thiophene rings is 1. The van der Waals surface area contributed by atoms with Gasteiger partial charge < -0.3 is 5.32 Å². The van der Waals surface area contributed by atoms with Gasteiger partial charge in [0.2, 0.25) is 5.91 Å². The summed E-state index contributed by atoms with van der Waals surface area (Å²) in [6, 6.07) is 11.6. The van der Waals surface area contributed by atoms with Crippen molar-refractivity contribution in [3.8, 4) is 17.3 Å². The van der Waals surface area contributed by atoms with Crippen LogP contribution in [-0.2, 0) is 23.8 Å². The third-order valence-electron chi connectivity index (χ3n) is 5.18. The van der Waals surface area contributed by atoms with E-state index in [4.69, 9.17) is 0 Å². The highest BCUT2D eigenvalue weighted by Gasteiger charge is 2.34. The van der Waals surface area contributed by atoms with E-state index >= 15 is 0 Å². The molecule has 5 nitrogen and oxygen atoms in total. The molecule has 4 rings (SSSR count). The number of alkyl halides is 3. The number of amides is 1. The Morgan fingerprint density at radius 3 is 2.64 bits per heavy atom. The number of fused-ring (bicyclic) bond motifs is 1. The standard InChI is InChI=1S/C23H19F3N4OS2/c24-23(25,26)19-11-17(14-7-3-1-4-8-14)28-22(29-19)32-13-20(31)30-21-16(12-27)15-9-5-2-6-10-18(15)33-21/h1,3-4,7-8,11H,2,5-6,9-10,13H2,(H,30,31). The van der Waals surface area contributed by atoms with Crippen molar-refractivity contribution in [2.24, 2.45) is 0 Å². The van der Waals surface area contributed by atoms with Gasteiger partial charge in [0.15, 0.2) is 5.16 Å². The minimum atomic E-state index is -4.64. The molecule has 1 aliphatic carbocycles. The highest BCUT2D eigenvalue weighted by molar-refractivity contribution is 7.99. The van der Waals surface area contributed by atoms with E-state index in [1.165, 1.54) is 11.3 Å². The molecule has 2 heterocycles. The third kappa shape index (κ3) is 5.54. The van der Waals surface area contributed by atoms with Gasteiger partial charge in [0.05, 0.1) is 17.0 Å². The Hall–Kier alpha value is -2.90. The van der Waals surface area contributed by atoms with Crippen molar-refractivity contribution in [2.75, 3.05) is 11.1 Å². The largest absolute Gasteiger partial charge is 0.433 e. The number of aromatic nitrogens is 2. The third-order valence-corrected chi connectivity index (χ3v) is 7.24. The number of carbonyl (C=O) groups is 1. The lowest BCUT2D eigenvalue weighted by atomic mass is 10.1. The first-order chi connectivity index (χ1) is 15.8. The molecule has 170 valence electrons. The molecule has 0 aliphatic heterocycles. The number of nitrogens with zero attached hydrogens (tertiary/aromatic N) is 3. The van der Waals surface area contributed by atoms with Crippen molar-refractivity contribution < 1.29 is 18.0 Å². The Morgan fingerprint density at radius 1 is 1.15 bits per heavy atom. The number of halogens is 3. The summed E-state index contributed by atoms with van der Waals surface area (Å²) >= 11 is 2.24. The fourth-order valence-electron chi connectivity index (χ4n) is 3.63. The molecular formula is C23H19F3N4OS2. The van der Waals surface area contributed by atoms with Crippen LogP contribution in [0.3, 0.4) is 0 Å². The minimum absolute atomic E-state index is 0.134. The average Bonchev–Trinajstić information content (AvgIpc) is 2.96. The molecule has 0 saturated carbocycles. The maximum absolute atomic E-state index is 13.4. The van der Waals surface area contributed by atoms with Crippen molar-refractivity contribution >= 4 is 34.0 Å². The summed E-state index contributed by atoms with van der Waals surface area (Å²) in [6.45, 7) is 0. The monoisotopic (exact) mass is 488 g/mol. The molecule has 1 aromatic carbocycles. The van der Waals surface area contributed by atoms with Crippen molar-refractivity contribution in [2.45, 2.75) is 43.4 Å². The molecule has 0 spiro atoms. The summed E-state index contributed by atoms with van der Waals surface area (Å²) in [4.78, 5) is 21.5. The van der Waals surface area contributed by atoms with Gasteiger partial charge in [-0.3, -0.25) is 4.79 Å². The number of thioether (sulfide) groups is 1. The van der Waals surface area contributed by atoms with Crippen LogP contribution in [0.1, 0.15) is 41.0 Å². The van der Waals surface area contributed by atoms with E-state index in [2.05, 4.69) is 21.4 Å². The van der Waals surface area contributed by atoms with E-state index in [0.29, 0.717) is 16.1 Å². The van der Waals surface area contributed by atoms with Crippen LogP contribution < -0.4 is 5.32 Å². The summed E-state index contributed by atoms with van der Waals surface area (Å²) in [7, 11) is 0. The van der Waals surface area contributed by atoms with Crippen LogP contribution in [0, 0.1) is 11.3 Å². The summed E-state index contributed by atoms with van der Waals surface area (Å²) in [5.41, 5.74) is 1.10. The number of carbonyl (C=O) groups excluding carboxylic acids is 1. The highest BCUT2D eigenvalue weighted by Crippen LogP contribution is 2.37. The lowest BCUT2D eigenvalue weighted by Gasteiger charge is -2.10. The Bertz CT molecular complexity index is 1200. The molecule has 0 unspecified atom stereocenters. The molecule has 0 bridgehead atoms. The molecule has 0 radical (unpaired) electrons. The predicted octanol–water partition coefficient (Wildman–Crippen LogP) is 6.10. The van der Waals surface area contributed by atoms with Crippen molar-refractivity contribution in [3.63, 3.8) is 0 Å². The van der Waals surface area contributed by atoms with Crippen LogP contribution in [-0.4, -0.2) is 21.6 Å². The van der Waals surface area contributed by atoms with Crippen LogP contribution in [0.4, 0.5) is 18.2 Å². The molecular weight excluding hydrogens is 469 g/mol. The zero-order valence-electron chi connectivity index (χ0n) is 17.4. The topological polar surface area (TPSA) is 78.7 Å². The summed E-state index contributed by atoms with van der Waals surface area (Å²) in [6.07, 6.45) is 0.253. The first-order valence-electron chi connectivity index (χ1n) is 10.3. The quantitative estimate of drug-likeness (QED) is 0.267. The molecule has 3 aromatic rings.